The highest BCUT2D eigenvalue weighted by molar-refractivity contribution is 7.11. The zero-order valence-electron chi connectivity index (χ0n) is 11.7. The van der Waals surface area contributed by atoms with Crippen molar-refractivity contribution in [2.75, 3.05) is 7.11 Å². The Hall–Kier alpha value is -0.450. The average molecular weight is 268 g/mol. The van der Waals surface area contributed by atoms with E-state index in [2.05, 4.69) is 19.2 Å². The number of nitrogens with zero attached hydrogens (tertiary/aromatic N) is 1. The first kappa shape index (κ1) is 14.0. The third-order valence-electron chi connectivity index (χ3n) is 3.45. The summed E-state index contributed by atoms with van der Waals surface area (Å²) in [6.45, 7) is 5.91. The molecule has 1 aromatic rings. The van der Waals surface area contributed by atoms with Crippen molar-refractivity contribution in [3.8, 4) is 0 Å². The van der Waals surface area contributed by atoms with Crippen LogP contribution < -0.4 is 5.32 Å². The summed E-state index contributed by atoms with van der Waals surface area (Å²) in [4.78, 5) is 6.17. The number of ether oxygens (including phenoxy) is 1. The normalized spacial score (nSPS) is 16.9. The molecule has 0 unspecified atom stereocenters. The SMILES string of the molecule is COCc1nc(C2CCCC2)sc1CNC(C)C. The van der Waals surface area contributed by atoms with Gasteiger partial charge in [0.2, 0.25) is 0 Å². The Kier molecular flexibility index (Phi) is 5.15. The Morgan fingerprint density at radius 2 is 2.11 bits per heavy atom. The predicted molar refractivity (Wildman–Crippen MR) is 76.0 cm³/mol. The summed E-state index contributed by atoms with van der Waals surface area (Å²) in [7, 11) is 1.74. The van der Waals surface area contributed by atoms with Crippen LogP contribution >= 0.6 is 11.3 Å². The van der Waals surface area contributed by atoms with Gasteiger partial charge in [-0.2, -0.15) is 0 Å². The van der Waals surface area contributed by atoms with Gasteiger partial charge in [-0.3, -0.25) is 0 Å². The lowest BCUT2D eigenvalue weighted by Crippen LogP contribution is -2.21. The van der Waals surface area contributed by atoms with Gasteiger partial charge < -0.3 is 10.1 Å². The molecule has 3 nitrogen and oxygen atoms in total. The van der Waals surface area contributed by atoms with E-state index >= 15 is 0 Å². The van der Waals surface area contributed by atoms with Gasteiger partial charge in [0, 0.05) is 30.5 Å². The zero-order chi connectivity index (χ0) is 13.0. The molecule has 0 amide bonds. The van der Waals surface area contributed by atoms with E-state index in [9.17, 15) is 0 Å². The molecule has 0 aliphatic heterocycles. The molecule has 1 fully saturated rings. The molecule has 0 radical (unpaired) electrons. The van der Waals surface area contributed by atoms with Gasteiger partial charge in [-0.25, -0.2) is 4.98 Å². The van der Waals surface area contributed by atoms with Crippen molar-refractivity contribution in [3.05, 3.63) is 15.6 Å². The van der Waals surface area contributed by atoms with Crippen molar-refractivity contribution in [2.45, 2.75) is 64.6 Å². The fourth-order valence-corrected chi connectivity index (χ4v) is 3.62. The third-order valence-corrected chi connectivity index (χ3v) is 4.71. The van der Waals surface area contributed by atoms with Crippen LogP contribution in [-0.4, -0.2) is 18.1 Å². The minimum Gasteiger partial charge on any atom is -0.378 e. The van der Waals surface area contributed by atoms with Crippen molar-refractivity contribution < 1.29 is 4.74 Å². The van der Waals surface area contributed by atoms with Crippen LogP contribution in [-0.2, 0) is 17.9 Å². The molecule has 1 aliphatic carbocycles. The third kappa shape index (κ3) is 3.53. The molecule has 102 valence electrons. The molecule has 2 rings (SSSR count). The summed E-state index contributed by atoms with van der Waals surface area (Å²) in [6, 6.07) is 0.512. The second-order valence-electron chi connectivity index (χ2n) is 5.37. The van der Waals surface area contributed by atoms with Crippen molar-refractivity contribution in [1.29, 1.82) is 0 Å². The fourth-order valence-electron chi connectivity index (χ4n) is 2.44. The van der Waals surface area contributed by atoms with Crippen molar-refractivity contribution in [1.82, 2.24) is 10.3 Å². The van der Waals surface area contributed by atoms with Gasteiger partial charge in [0.1, 0.15) is 0 Å². The minimum atomic E-state index is 0.512. The second-order valence-corrected chi connectivity index (χ2v) is 6.49. The molecule has 1 N–H and O–H groups in total. The lowest BCUT2D eigenvalue weighted by molar-refractivity contribution is 0.181. The molecule has 0 spiro atoms. The van der Waals surface area contributed by atoms with Gasteiger partial charge in [0.05, 0.1) is 17.3 Å². The number of methoxy groups -OCH3 is 1. The van der Waals surface area contributed by atoms with E-state index in [-0.39, 0.29) is 0 Å². The number of thiazole rings is 1. The standard InChI is InChI=1S/C14H24N2OS/c1-10(2)15-8-13-12(9-17-3)16-14(18-13)11-6-4-5-7-11/h10-11,15H,4-9H2,1-3H3. The summed E-state index contributed by atoms with van der Waals surface area (Å²) in [5.74, 6) is 0.707. The molecule has 0 atom stereocenters. The molecule has 1 aliphatic rings. The highest BCUT2D eigenvalue weighted by Gasteiger charge is 2.22. The monoisotopic (exact) mass is 268 g/mol. The van der Waals surface area contributed by atoms with E-state index in [1.807, 2.05) is 11.3 Å². The smallest absolute Gasteiger partial charge is 0.0963 e. The maximum absolute atomic E-state index is 5.27. The van der Waals surface area contributed by atoms with Gasteiger partial charge in [0.15, 0.2) is 0 Å². The zero-order valence-corrected chi connectivity index (χ0v) is 12.5. The van der Waals surface area contributed by atoms with Gasteiger partial charge in [-0.1, -0.05) is 26.7 Å². The predicted octanol–water partition coefficient (Wildman–Crippen LogP) is 3.45. The van der Waals surface area contributed by atoms with Gasteiger partial charge in [0.25, 0.3) is 0 Å². The summed E-state index contributed by atoms with van der Waals surface area (Å²) >= 11 is 1.89. The molecule has 1 heterocycles. The van der Waals surface area contributed by atoms with Crippen LogP contribution in [0.3, 0.4) is 0 Å². The lowest BCUT2D eigenvalue weighted by atomic mass is 10.1. The van der Waals surface area contributed by atoms with Crippen molar-refractivity contribution in [2.24, 2.45) is 0 Å². The molecular weight excluding hydrogens is 244 g/mol. The minimum absolute atomic E-state index is 0.512. The lowest BCUT2D eigenvalue weighted by Gasteiger charge is -2.07. The molecule has 0 aromatic carbocycles. The van der Waals surface area contributed by atoms with Crippen LogP contribution in [0.2, 0.25) is 0 Å². The van der Waals surface area contributed by atoms with E-state index in [1.54, 1.807) is 7.11 Å². The van der Waals surface area contributed by atoms with Crippen LogP contribution in [0.25, 0.3) is 0 Å². The topological polar surface area (TPSA) is 34.1 Å². The molecular formula is C14H24N2OS. The van der Waals surface area contributed by atoms with Gasteiger partial charge in [-0.15, -0.1) is 11.3 Å². The first-order valence-corrected chi connectivity index (χ1v) is 7.73. The Morgan fingerprint density at radius 1 is 1.39 bits per heavy atom. The Labute approximate surface area is 114 Å². The average Bonchev–Trinajstić information content (AvgIpc) is 2.95. The number of hydrogen-bond donors (Lipinski definition) is 1. The number of hydrogen-bond acceptors (Lipinski definition) is 4. The highest BCUT2D eigenvalue weighted by Crippen LogP contribution is 2.37. The van der Waals surface area contributed by atoms with E-state index in [0.29, 0.717) is 18.6 Å². The largest absolute Gasteiger partial charge is 0.378 e. The van der Waals surface area contributed by atoms with E-state index in [4.69, 9.17) is 9.72 Å². The molecule has 0 saturated heterocycles. The van der Waals surface area contributed by atoms with Crippen LogP contribution in [0.4, 0.5) is 0 Å². The molecule has 4 heteroatoms. The van der Waals surface area contributed by atoms with E-state index < -0.39 is 0 Å². The first-order valence-electron chi connectivity index (χ1n) is 6.91. The van der Waals surface area contributed by atoms with Crippen LogP contribution in [0.5, 0.6) is 0 Å². The van der Waals surface area contributed by atoms with Crippen LogP contribution in [0, 0.1) is 0 Å². The quantitative estimate of drug-likeness (QED) is 0.858. The second kappa shape index (κ2) is 6.64. The molecule has 18 heavy (non-hydrogen) atoms. The number of rotatable bonds is 6. The summed E-state index contributed by atoms with van der Waals surface area (Å²) < 4.78 is 5.27. The number of nitrogens with one attached hydrogen (secondary N) is 1. The molecule has 0 bridgehead atoms. The maximum atomic E-state index is 5.27. The summed E-state index contributed by atoms with van der Waals surface area (Å²) in [5.41, 5.74) is 1.14. The number of aromatic nitrogens is 1. The fraction of sp³-hybridized carbons (Fsp3) is 0.786. The Balaban J connectivity index is 2.09. The molecule has 1 aromatic heterocycles. The van der Waals surface area contributed by atoms with Gasteiger partial charge >= 0.3 is 0 Å². The highest BCUT2D eigenvalue weighted by atomic mass is 32.1. The molecule has 1 saturated carbocycles. The van der Waals surface area contributed by atoms with Crippen LogP contribution in [0.1, 0.15) is 61.0 Å². The summed E-state index contributed by atoms with van der Waals surface area (Å²) in [6.07, 6.45) is 5.36. The van der Waals surface area contributed by atoms with E-state index in [1.165, 1.54) is 35.6 Å². The maximum Gasteiger partial charge on any atom is 0.0963 e. The van der Waals surface area contributed by atoms with E-state index in [0.717, 1.165) is 12.2 Å². The first-order chi connectivity index (χ1) is 8.70. The Bertz CT molecular complexity index is 370. The Morgan fingerprint density at radius 3 is 2.72 bits per heavy atom. The summed E-state index contributed by atoms with van der Waals surface area (Å²) in [5, 5.41) is 4.81. The van der Waals surface area contributed by atoms with Crippen molar-refractivity contribution >= 4 is 11.3 Å². The van der Waals surface area contributed by atoms with Crippen LogP contribution in [0.15, 0.2) is 0 Å². The van der Waals surface area contributed by atoms with Crippen molar-refractivity contribution in [3.63, 3.8) is 0 Å². The van der Waals surface area contributed by atoms with Gasteiger partial charge in [-0.05, 0) is 12.8 Å².